The van der Waals surface area contributed by atoms with Gasteiger partial charge < -0.3 is 14.6 Å². The zero-order valence-corrected chi connectivity index (χ0v) is 18.4. The SMILES string of the molecule is COc1ccc(C2(O)OC(=O)C(c3ccc4nsnc4c3)=C2Cc2ccsc2)cc1C. The first-order valence-corrected chi connectivity index (χ1v) is 11.2. The average molecular weight is 451 g/mol. The quantitative estimate of drug-likeness (QED) is 0.452. The maximum Gasteiger partial charge on any atom is 0.342 e. The third-order valence-electron chi connectivity index (χ3n) is 5.44. The van der Waals surface area contributed by atoms with Gasteiger partial charge in [-0.1, -0.05) is 6.07 Å². The lowest BCUT2D eigenvalue weighted by Gasteiger charge is -2.26. The minimum absolute atomic E-state index is 0.358. The Morgan fingerprint density at radius 3 is 2.71 bits per heavy atom. The van der Waals surface area contributed by atoms with Gasteiger partial charge in [-0.15, -0.1) is 0 Å². The Balaban J connectivity index is 1.71. The molecule has 0 bridgehead atoms. The number of hydrogen-bond acceptors (Lipinski definition) is 8. The molecule has 0 aliphatic carbocycles. The molecule has 1 unspecified atom stereocenters. The molecule has 4 aromatic rings. The van der Waals surface area contributed by atoms with Gasteiger partial charge in [0, 0.05) is 17.6 Å². The minimum Gasteiger partial charge on any atom is -0.496 e. The van der Waals surface area contributed by atoms with E-state index in [1.165, 1.54) is 0 Å². The number of ether oxygens (including phenoxy) is 2. The zero-order valence-electron chi connectivity index (χ0n) is 16.8. The molecular weight excluding hydrogens is 432 g/mol. The Bertz CT molecular complexity index is 1330. The summed E-state index contributed by atoms with van der Waals surface area (Å²) in [5.74, 6) is -1.74. The fourth-order valence-corrected chi connectivity index (χ4v) is 5.08. The molecule has 5 rings (SSSR count). The number of aromatic nitrogens is 2. The van der Waals surface area contributed by atoms with Gasteiger partial charge in [0.25, 0.3) is 5.79 Å². The lowest BCUT2D eigenvalue weighted by molar-refractivity contribution is -0.185. The summed E-state index contributed by atoms with van der Waals surface area (Å²) >= 11 is 2.68. The first kappa shape index (κ1) is 19.9. The molecule has 31 heavy (non-hydrogen) atoms. The first-order chi connectivity index (χ1) is 15.0. The van der Waals surface area contributed by atoms with E-state index in [1.54, 1.807) is 36.6 Å². The van der Waals surface area contributed by atoms with Crippen molar-refractivity contribution in [3.63, 3.8) is 0 Å². The molecule has 156 valence electrons. The van der Waals surface area contributed by atoms with E-state index in [-0.39, 0.29) is 0 Å². The van der Waals surface area contributed by atoms with Gasteiger partial charge in [0.15, 0.2) is 0 Å². The van der Waals surface area contributed by atoms with E-state index in [2.05, 4.69) is 8.75 Å². The molecule has 1 N–H and O–H groups in total. The second-order valence-corrected chi connectivity index (χ2v) is 8.66. The molecule has 3 heterocycles. The van der Waals surface area contributed by atoms with Crippen LogP contribution in [0.5, 0.6) is 5.75 Å². The number of carbonyl (C=O) groups excluding carboxylic acids is 1. The molecule has 1 aliphatic heterocycles. The van der Waals surface area contributed by atoms with Gasteiger partial charge in [-0.05, 0) is 70.8 Å². The van der Waals surface area contributed by atoms with Crippen molar-refractivity contribution in [3.05, 3.63) is 81.1 Å². The smallest absolute Gasteiger partial charge is 0.342 e. The number of hydrogen-bond donors (Lipinski definition) is 1. The second kappa shape index (κ2) is 7.56. The summed E-state index contributed by atoms with van der Waals surface area (Å²) in [6.07, 6.45) is 0.375. The number of benzene rings is 2. The maximum absolute atomic E-state index is 13.1. The Labute approximate surface area is 186 Å². The molecule has 1 atom stereocenters. The summed E-state index contributed by atoms with van der Waals surface area (Å²) in [4.78, 5) is 13.1. The van der Waals surface area contributed by atoms with Crippen LogP contribution in [0.25, 0.3) is 16.6 Å². The van der Waals surface area contributed by atoms with Crippen LogP contribution in [0.3, 0.4) is 0 Å². The molecule has 2 aromatic carbocycles. The Kier molecular flexibility index (Phi) is 4.85. The van der Waals surface area contributed by atoms with E-state index in [0.29, 0.717) is 40.0 Å². The van der Waals surface area contributed by atoms with E-state index < -0.39 is 11.8 Å². The Morgan fingerprint density at radius 1 is 1.13 bits per heavy atom. The average Bonchev–Trinajstić information content (AvgIpc) is 3.48. The van der Waals surface area contributed by atoms with Crippen LogP contribution >= 0.6 is 23.1 Å². The van der Waals surface area contributed by atoms with Crippen LogP contribution in [0.2, 0.25) is 0 Å². The molecule has 0 saturated carbocycles. The normalized spacial score (nSPS) is 18.6. The van der Waals surface area contributed by atoms with Crippen molar-refractivity contribution >= 4 is 45.6 Å². The Morgan fingerprint density at radius 2 is 1.97 bits per heavy atom. The van der Waals surface area contributed by atoms with Gasteiger partial charge in [-0.2, -0.15) is 20.1 Å². The number of nitrogens with zero attached hydrogens (tertiary/aromatic N) is 2. The molecule has 2 aromatic heterocycles. The van der Waals surface area contributed by atoms with E-state index in [9.17, 15) is 9.90 Å². The Hall–Kier alpha value is -3.07. The van der Waals surface area contributed by atoms with Gasteiger partial charge in [0.1, 0.15) is 16.8 Å². The number of esters is 1. The largest absolute Gasteiger partial charge is 0.496 e. The van der Waals surface area contributed by atoms with Crippen LogP contribution in [0.4, 0.5) is 0 Å². The van der Waals surface area contributed by atoms with Crippen molar-refractivity contribution < 1.29 is 19.4 Å². The molecule has 0 amide bonds. The van der Waals surface area contributed by atoms with Crippen molar-refractivity contribution in [1.29, 1.82) is 0 Å². The fourth-order valence-electron chi connectivity index (χ4n) is 3.90. The number of carbonyl (C=O) groups is 1. The molecule has 6 nitrogen and oxygen atoms in total. The molecule has 8 heteroatoms. The molecule has 0 fully saturated rings. The monoisotopic (exact) mass is 450 g/mol. The third-order valence-corrected chi connectivity index (χ3v) is 6.73. The van der Waals surface area contributed by atoms with E-state index in [1.807, 2.05) is 41.9 Å². The fraction of sp³-hybridized carbons (Fsp3) is 0.174. The van der Waals surface area contributed by atoms with Crippen LogP contribution in [-0.2, 0) is 21.7 Å². The van der Waals surface area contributed by atoms with E-state index in [4.69, 9.17) is 9.47 Å². The summed E-state index contributed by atoms with van der Waals surface area (Å²) in [6.45, 7) is 1.88. The highest BCUT2D eigenvalue weighted by Gasteiger charge is 2.48. The van der Waals surface area contributed by atoms with Gasteiger partial charge in [-0.25, -0.2) is 4.79 Å². The van der Waals surface area contributed by atoms with E-state index >= 15 is 0 Å². The third kappa shape index (κ3) is 3.33. The number of fused-ring (bicyclic) bond motifs is 1. The van der Waals surface area contributed by atoms with Gasteiger partial charge in [0.2, 0.25) is 0 Å². The number of aliphatic hydroxyl groups is 1. The number of aryl methyl sites for hydroxylation is 1. The molecular formula is C23H18N2O4S2. The highest BCUT2D eigenvalue weighted by Crippen LogP contribution is 2.45. The minimum atomic E-state index is -1.87. The van der Waals surface area contributed by atoms with Crippen molar-refractivity contribution in [2.45, 2.75) is 19.1 Å². The van der Waals surface area contributed by atoms with Crippen molar-refractivity contribution in [2.24, 2.45) is 0 Å². The van der Waals surface area contributed by atoms with Gasteiger partial charge in [0.05, 0.1) is 24.4 Å². The maximum atomic E-state index is 13.1. The van der Waals surface area contributed by atoms with Crippen LogP contribution in [-0.4, -0.2) is 26.9 Å². The molecule has 0 saturated heterocycles. The van der Waals surface area contributed by atoms with Crippen LogP contribution in [0, 0.1) is 6.92 Å². The summed E-state index contributed by atoms with van der Waals surface area (Å²) in [6, 6.07) is 12.7. The summed E-state index contributed by atoms with van der Waals surface area (Å²) < 4.78 is 19.5. The van der Waals surface area contributed by atoms with Crippen LogP contribution in [0.15, 0.2) is 58.8 Å². The van der Waals surface area contributed by atoms with Gasteiger partial charge in [-0.3, -0.25) is 0 Å². The standard InChI is InChI=1S/C23H18N2O4S2/c1-13-9-16(4-6-20(13)28-2)23(27)17(10-14-7-8-30-12-14)21(22(26)29-23)15-3-5-18-19(11-15)25-31-24-18/h3-9,11-12,27H,10H2,1-2H3. The predicted molar refractivity (Wildman–Crippen MR) is 120 cm³/mol. The highest BCUT2D eigenvalue weighted by molar-refractivity contribution is 7.08. The first-order valence-electron chi connectivity index (χ1n) is 9.58. The summed E-state index contributed by atoms with van der Waals surface area (Å²) in [5.41, 5.74) is 5.29. The second-order valence-electron chi connectivity index (χ2n) is 7.35. The lowest BCUT2D eigenvalue weighted by Crippen LogP contribution is -2.29. The summed E-state index contributed by atoms with van der Waals surface area (Å²) in [5, 5.41) is 15.7. The molecule has 1 aliphatic rings. The highest BCUT2D eigenvalue weighted by atomic mass is 32.1. The number of cyclic esters (lactones) is 1. The van der Waals surface area contributed by atoms with Crippen LogP contribution in [0.1, 0.15) is 22.3 Å². The molecule has 0 radical (unpaired) electrons. The predicted octanol–water partition coefficient (Wildman–Crippen LogP) is 4.47. The molecule has 0 spiro atoms. The van der Waals surface area contributed by atoms with Crippen molar-refractivity contribution in [2.75, 3.05) is 7.11 Å². The van der Waals surface area contributed by atoms with Gasteiger partial charge >= 0.3 is 5.97 Å². The van der Waals surface area contributed by atoms with E-state index in [0.717, 1.165) is 28.4 Å². The van der Waals surface area contributed by atoms with Crippen molar-refractivity contribution in [3.8, 4) is 5.75 Å². The summed E-state index contributed by atoms with van der Waals surface area (Å²) in [7, 11) is 1.59. The lowest BCUT2D eigenvalue weighted by atomic mass is 9.88. The zero-order chi connectivity index (χ0) is 21.6. The number of methoxy groups -OCH3 is 1. The number of rotatable bonds is 5. The number of thiophene rings is 1. The van der Waals surface area contributed by atoms with Crippen molar-refractivity contribution in [1.82, 2.24) is 8.75 Å². The van der Waals surface area contributed by atoms with Crippen LogP contribution < -0.4 is 4.74 Å². The topological polar surface area (TPSA) is 81.5 Å².